The Morgan fingerprint density at radius 3 is 2.05 bits per heavy atom. The minimum Gasteiger partial charge on any atom is -0.328 e. The fraction of sp³-hybridized carbons (Fsp3) is 1.00. The van der Waals surface area contributed by atoms with Crippen LogP contribution in [-0.4, -0.2) is 24.7 Å². The summed E-state index contributed by atoms with van der Waals surface area (Å²) in [6, 6.07) is 0.406. The van der Waals surface area contributed by atoms with Gasteiger partial charge < -0.3 is 16.8 Å². The average molecular weight is 359 g/mol. The Hall–Kier alpha value is 1.04. The zero-order chi connectivity index (χ0) is 11.1. The molecule has 0 aromatic rings. The highest BCUT2D eigenvalue weighted by Crippen LogP contribution is 2.29. The highest BCUT2D eigenvalue weighted by Gasteiger charge is 2.29. The number of rotatable bonds is 6. The molecule has 0 amide bonds. The summed E-state index contributed by atoms with van der Waals surface area (Å²) < 4.78 is 0. The molecule has 1 saturated carbocycles. The molecule has 0 aliphatic heterocycles. The SMILES string of the molecule is CCNCCCCC1(N)CCC(N)CC1.Cl.Cl.Cl.Cl. The second kappa shape index (κ2) is 15.4. The van der Waals surface area contributed by atoms with Gasteiger partial charge in [0.25, 0.3) is 0 Å². The van der Waals surface area contributed by atoms with Gasteiger partial charge in [-0.2, -0.15) is 0 Å². The monoisotopic (exact) mass is 357 g/mol. The molecule has 1 fully saturated rings. The molecule has 0 heterocycles. The minimum atomic E-state index is 0. The van der Waals surface area contributed by atoms with Gasteiger partial charge in [-0.1, -0.05) is 13.3 Å². The van der Waals surface area contributed by atoms with Crippen molar-refractivity contribution in [2.75, 3.05) is 13.1 Å². The Morgan fingerprint density at radius 2 is 1.58 bits per heavy atom. The third-order valence-corrected chi connectivity index (χ3v) is 3.55. The van der Waals surface area contributed by atoms with Gasteiger partial charge in [-0.25, -0.2) is 0 Å². The first-order valence-corrected chi connectivity index (χ1v) is 6.41. The molecule has 7 heteroatoms. The van der Waals surface area contributed by atoms with Gasteiger partial charge in [0.05, 0.1) is 0 Å². The van der Waals surface area contributed by atoms with Crippen molar-refractivity contribution in [3.63, 3.8) is 0 Å². The Labute approximate surface area is 143 Å². The van der Waals surface area contributed by atoms with Crippen LogP contribution in [0.15, 0.2) is 0 Å². The molecule has 1 aliphatic carbocycles. The second-order valence-electron chi connectivity index (χ2n) is 5.01. The highest BCUT2D eigenvalue weighted by atomic mass is 35.5. The van der Waals surface area contributed by atoms with Crippen molar-refractivity contribution in [2.45, 2.75) is 63.5 Å². The molecule has 0 spiro atoms. The molecule has 0 saturated heterocycles. The Bertz CT molecular complexity index is 176. The van der Waals surface area contributed by atoms with Gasteiger partial charge in [0.1, 0.15) is 0 Å². The molecular weight excluding hydrogens is 328 g/mol. The van der Waals surface area contributed by atoms with Gasteiger partial charge in [0, 0.05) is 11.6 Å². The quantitative estimate of drug-likeness (QED) is 0.639. The van der Waals surface area contributed by atoms with Crippen molar-refractivity contribution in [1.29, 1.82) is 0 Å². The summed E-state index contributed by atoms with van der Waals surface area (Å²) in [5, 5.41) is 3.34. The summed E-state index contributed by atoms with van der Waals surface area (Å²) in [6.07, 6.45) is 8.14. The van der Waals surface area contributed by atoms with Crippen LogP contribution in [0.3, 0.4) is 0 Å². The zero-order valence-electron chi connectivity index (χ0n) is 11.7. The van der Waals surface area contributed by atoms with E-state index in [1.807, 2.05) is 0 Å². The van der Waals surface area contributed by atoms with Crippen molar-refractivity contribution in [1.82, 2.24) is 5.32 Å². The molecule has 0 radical (unpaired) electrons. The number of hydrogen-bond donors (Lipinski definition) is 3. The van der Waals surface area contributed by atoms with E-state index >= 15 is 0 Å². The number of unbranched alkanes of at least 4 members (excludes halogenated alkanes) is 1. The van der Waals surface area contributed by atoms with E-state index in [0.29, 0.717) is 6.04 Å². The molecule has 19 heavy (non-hydrogen) atoms. The largest absolute Gasteiger partial charge is 0.328 e. The molecule has 122 valence electrons. The molecule has 0 atom stereocenters. The van der Waals surface area contributed by atoms with Crippen molar-refractivity contribution in [2.24, 2.45) is 11.5 Å². The predicted octanol–water partition coefficient (Wildman–Crippen LogP) is 3.05. The topological polar surface area (TPSA) is 64.1 Å². The Morgan fingerprint density at radius 1 is 1.05 bits per heavy atom. The molecule has 1 aliphatic rings. The van der Waals surface area contributed by atoms with E-state index in [2.05, 4.69) is 12.2 Å². The molecule has 0 aromatic heterocycles. The summed E-state index contributed by atoms with van der Waals surface area (Å²) in [4.78, 5) is 0. The van der Waals surface area contributed by atoms with Crippen LogP contribution in [0.2, 0.25) is 0 Å². The predicted molar refractivity (Wildman–Crippen MR) is 94.7 cm³/mol. The van der Waals surface area contributed by atoms with E-state index < -0.39 is 0 Å². The summed E-state index contributed by atoms with van der Waals surface area (Å²) in [7, 11) is 0. The number of halogens is 4. The zero-order valence-corrected chi connectivity index (χ0v) is 15.0. The van der Waals surface area contributed by atoms with E-state index in [1.165, 1.54) is 19.3 Å². The molecular formula is C12H31Cl4N3. The first-order chi connectivity index (χ1) is 7.16. The first-order valence-electron chi connectivity index (χ1n) is 6.41. The minimum absolute atomic E-state index is 0. The van der Waals surface area contributed by atoms with Gasteiger partial charge >= 0.3 is 0 Å². The van der Waals surface area contributed by atoms with E-state index in [9.17, 15) is 0 Å². The van der Waals surface area contributed by atoms with Crippen molar-refractivity contribution < 1.29 is 0 Å². The molecule has 0 unspecified atom stereocenters. The summed E-state index contributed by atoms with van der Waals surface area (Å²) in [5.74, 6) is 0. The Balaban J connectivity index is -0.000000281. The van der Waals surface area contributed by atoms with Gasteiger partial charge in [0.2, 0.25) is 0 Å². The smallest absolute Gasteiger partial charge is 0.0155 e. The fourth-order valence-electron chi connectivity index (χ4n) is 2.37. The second-order valence-corrected chi connectivity index (χ2v) is 5.01. The standard InChI is InChI=1S/C12H27N3.4ClH/c1-2-15-10-4-3-7-12(14)8-5-11(13)6-9-12;;;;/h11,15H,2-10,13-14H2,1H3;4*1H. The third kappa shape index (κ3) is 12.5. The van der Waals surface area contributed by atoms with E-state index in [4.69, 9.17) is 11.5 Å². The first kappa shape index (κ1) is 28.2. The van der Waals surface area contributed by atoms with E-state index in [0.717, 1.165) is 38.8 Å². The number of nitrogens with one attached hydrogen (secondary N) is 1. The highest BCUT2D eigenvalue weighted by molar-refractivity contribution is 5.86. The van der Waals surface area contributed by atoms with Crippen molar-refractivity contribution in [3.05, 3.63) is 0 Å². The maximum absolute atomic E-state index is 6.36. The van der Waals surface area contributed by atoms with Crippen LogP contribution in [0.25, 0.3) is 0 Å². The van der Waals surface area contributed by atoms with Crippen LogP contribution in [0.5, 0.6) is 0 Å². The normalized spacial score (nSPS) is 25.1. The number of nitrogens with two attached hydrogens (primary N) is 2. The van der Waals surface area contributed by atoms with Crippen molar-refractivity contribution >= 4 is 49.6 Å². The van der Waals surface area contributed by atoms with Crippen LogP contribution < -0.4 is 16.8 Å². The molecule has 3 nitrogen and oxygen atoms in total. The van der Waals surface area contributed by atoms with E-state index in [1.54, 1.807) is 0 Å². The van der Waals surface area contributed by atoms with Crippen LogP contribution >= 0.6 is 49.6 Å². The maximum atomic E-state index is 6.36. The maximum Gasteiger partial charge on any atom is 0.0155 e. The van der Waals surface area contributed by atoms with Gasteiger partial charge in [0.15, 0.2) is 0 Å². The Kier molecular flexibility index (Phi) is 22.9. The lowest BCUT2D eigenvalue weighted by atomic mass is 9.77. The van der Waals surface area contributed by atoms with Crippen LogP contribution in [-0.2, 0) is 0 Å². The van der Waals surface area contributed by atoms with Gasteiger partial charge in [-0.3, -0.25) is 0 Å². The number of hydrogen-bond acceptors (Lipinski definition) is 3. The van der Waals surface area contributed by atoms with Crippen molar-refractivity contribution in [3.8, 4) is 0 Å². The summed E-state index contributed by atoms with van der Waals surface area (Å²) in [6.45, 7) is 4.35. The molecule has 5 N–H and O–H groups in total. The van der Waals surface area contributed by atoms with Gasteiger partial charge in [-0.05, 0) is 51.6 Å². The molecule has 0 aromatic carbocycles. The van der Waals surface area contributed by atoms with E-state index in [-0.39, 0.29) is 55.2 Å². The fourth-order valence-corrected chi connectivity index (χ4v) is 2.37. The summed E-state index contributed by atoms with van der Waals surface area (Å²) >= 11 is 0. The van der Waals surface area contributed by atoms with Crippen LogP contribution in [0.4, 0.5) is 0 Å². The average Bonchev–Trinajstić information content (AvgIpc) is 2.23. The third-order valence-electron chi connectivity index (χ3n) is 3.55. The van der Waals surface area contributed by atoms with Crippen LogP contribution in [0.1, 0.15) is 51.9 Å². The lowest BCUT2D eigenvalue weighted by molar-refractivity contribution is 0.251. The lowest BCUT2D eigenvalue weighted by Gasteiger charge is -2.36. The molecule has 0 bridgehead atoms. The molecule has 1 rings (SSSR count). The van der Waals surface area contributed by atoms with Crippen LogP contribution in [0, 0.1) is 0 Å². The summed E-state index contributed by atoms with van der Waals surface area (Å²) in [5.41, 5.74) is 12.3. The van der Waals surface area contributed by atoms with Gasteiger partial charge in [-0.15, -0.1) is 49.6 Å². The lowest BCUT2D eigenvalue weighted by Crippen LogP contribution is -2.46.